The highest BCUT2D eigenvalue weighted by Gasteiger charge is 2.36. The van der Waals surface area contributed by atoms with E-state index in [4.69, 9.17) is 5.73 Å². The predicted molar refractivity (Wildman–Crippen MR) is 122 cm³/mol. The fourth-order valence-electron chi connectivity index (χ4n) is 4.24. The van der Waals surface area contributed by atoms with E-state index in [1.807, 2.05) is 0 Å². The van der Waals surface area contributed by atoms with Gasteiger partial charge in [0.15, 0.2) is 11.5 Å². The van der Waals surface area contributed by atoms with Crippen LogP contribution in [0.2, 0.25) is 0 Å². The van der Waals surface area contributed by atoms with E-state index in [1.165, 1.54) is 27.7 Å². The fourth-order valence-corrected chi connectivity index (χ4v) is 4.24. The quantitative estimate of drug-likeness (QED) is 0.307. The third kappa shape index (κ3) is 4.23. The number of likely N-dealkylation sites (tertiary alicyclic amines) is 1. The second-order valence-electron chi connectivity index (χ2n) is 8.49. The lowest BCUT2D eigenvalue weighted by Gasteiger charge is -2.20. The molecule has 0 aliphatic carbocycles. The molecule has 36 heavy (non-hydrogen) atoms. The molecule has 4 aromatic rings. The molecule has 3 aromatic heterocycles. The average molecular weight is 503 g/mol. The van der Waals surface area contributed by atoms with Gasteiger partial charge in [0, 0.05) is 24.8 Å². The van der Waals surface area contributed by atoms with Gasteiger partial charge >= 0.3 is 0 Å². The van der Waals surface area contributed by atoms with Crippen molar-refractivity contribution in [2.24, 2.45) is 5.92 Å². The highest BCUT2D eigenvalue weighted by atomic mass is 19.3. The van der Waals surface area contributed by atoms with Crippen molar-refractivity contribution in [1.29, 1.82) is 0 Å². The van der Waals surface area contributed by atoms with Crippen molar-refractivity contribution in [2.45, 2.75) is 26.1 Å². The lowest BCUT2D eigenvalue weighted by atomic mass is 10.1. The largest absolute Gasteiger partial charge is 0.381 e. The van der Waals surface area contributed by atoms with Crippen molar-refractivity contribution >= 4 is 23.1 Å². The number of alkyl halides is 3. The number of carbonyl (C=O) groups is 1. The first-order valence-corrected chi connectivity index (χ1v) is 11.0. The Kier molecular flexibility index (Phi) is 6.04. The summed E-state index contributed by atoms with van der Waals surface area (Å²) < 4.78 is 56.6. The number of hydrogen-bond donors (Lipinski definition) is 2. The molecule has 10 nitrogen and oxygen atoms in total. The number of anilines is 2. The van der Waals surface area contributed by atoms with Crippen molar-refractivity contribution in [2.75, 3.05) is 24.1 Å². The number of benzene rings is 1. The number of hydrogen-bond acceptors (Lipinski definition) is 7. The standard InChI is InChI=1S/C22H21F4N9O/c1-11-4-14(23)15(32-22(36)12-2-3-33(8-12)19(26)18(24)25)5-16(11)34-9-13(6-30-34)17-7-28-21-20(27)29-10-31-35(17)21/h4-7,9-10,12,18-19H,2-3,8H2,1H3,(H,32,36)(H2,27,29,31). The molecule has 3 N–H and O–H groups in total. The molecule has 1 fully saturated rings. The number of aromatic nitrogens is 6. The van der Waals surface area contributed by atoms with E-state index < -0.39 is 30.4 Å². The smallest absolute Gasteiger partial charge is 0.282 e. The Hall–Kier alpha value is -4.07. The average Bonchev–Trinajstić information content (AvgIpc) is 3.60. The SMILES string of the molecule is Cc1cc(F)c(NC(=O)C2CCN(C(F)C(F)F)C2)cc1-n1cc(-c2cnc3c(N)ncnn23)cn1. The van der Waals surface area contributed by atoms with Gasteiger partial charge in [-0.05, 0) is 31.0 Å². The Balaban J connectivity index is 1.38. The molecule has 2 atom stereocenters. The van der Waals surface area contributed by atoms with Gasteiger partial charge < -0.3 is 11.1 Å². The third-order valence-corrected chi connectivity index (χ3v) is 6.15. The van der Waals surface area contributed by atoms with E-state index in [2.05, 4.69) is 25.5 Å². The first kappa shape index (κ1) is 23.7. The molecule has 14 heteroatoms. The summed E-state index contributed by atoms with van der Waals surface area (Å²) in [6.07, 6.45) is 0.743. The molecule has 188 valence electrons. The first-order chi connectivity index (χ1) is 17.2. The fraction of sp³-hybridized carbons (Fsp3) is 0.318. The molecular formula is C22H21F4N9O. The number of nitrogens with two attached hydrogens (primary N) is 1. The van der Waals surface area contributed by atoms with Crippen LogP contribution in [0.5, 0.6) is 0 Å². The molecule has 4 heterocycles. The highest BCUT2D eigenvalue weighted by Crippen LogP contribution is 2.28. The van der Waals surface area contributed by atoms with Gasteiger partial charge in [0.1, 0.15) is 12.1 Å². The van der Waals surface area contributed by atoms with E-state index in [9.17, 15) is 22.4 Å². The monoisotopic (exact) mass is 503 g/mol. The lowest BCUT2D eigenvalue weighted by molar-refractivity contribution is -0.120. The molecule has 1 amide bonds. The minimum atomic E-state index is -3.16. The van der Waals surface area contributed by atoms with Crippen molar-refractivity contribution in [3.8, 4) is 16.9 Å². The Bertz CT molecular complexity index is 1440. The summed E-state index contributed by atoms with van der Waals surface area (Å²) in [6.45, 7) is 1.53. The van der Waals surface area contributed by atoms with Gasteiger partial charge in [-0.1, -0.05) is 0 Å². The molecule has 0 bridgehead atoms. The normalized spacial score (nSPS) is 17.2. The van der Waals surface area contributed by atoms with Crippen LogP contribution in [0.25, 0.3) is 22.6 Å². The van der Waals surface area contributed by atoms with E-state index in [0.29, 0.717) is 28.2 Å². The minimum absolute atomic E-state index is 0.0150. The van der Waals surface area contributed by atoms with Crippen LogP contribution < -0.4 is 11.1 Å². The maximum absolute atomic E-state index is 14.7. The summed E-state index contributed by atoms with van der Waals surface area (Å²) in [5.41, 5.74) is 8.44. The van der Waals surface area contributed by atoms with Crippen molar-refractivity contribution in [3.05, 3.63) is 48.4 Å². The van der Waals surface area contributed by atoms with Crippen LogP contribution >= 0.6 is 0 Å². The molecule has 0 radical (unpaired) electrons. The molecule has 1 saturated heterocycles. The number of fused-ring (bicyclic) bond motifs is 1. The van der Waals surface area contributed by atoms with Crippen LogP contribution in [-0.4, -0.2) is 66.0 Å². The third-order valence-electron chi connectivity index (χ3n) is 6.15. The first-order valence-electron chi connectivity index (χ1n) is 11.0. The molecular weight excluding hydrogens is 482 g/mol. The Labute approximate surface area is 201 Å². The molecule has 0 spiro atoms. The number of nitrogens with zero attached hydrogens (tertiary/aromatic N) is 7. The number of aryl methyl sites for hydroxylation is 1. The molecule has 1 aromatic carbocycles. The Morgan fingerprint density at radius 2 is 2.00 bits per heavy atom. The second kappa shape index (κ2) is 9.18. The highest BCUT2D eigenvalue weighted by molar-refractivity contribution is 5.93. The van der Waals surface area contributed by atoms with Crippen LogP contribution in [0.15, 0.2) is 37.1 Å². The summed E-state index contributed by atoms with van der Waals surface area (Å²) in [5, 5.41) is 11.0. The van der Waals surface area contributed by atoms with Gasteiger partial charge in [-0.25, -0.2) is 36.7 Å². The number of imidazole rings is 1. The van der Waals surface area contributed by atoms with E-state index in [1.54, 1.807) is 25.5 Å². The van der Waals surface area contributed by atoms with Gasteiger partial charge in [-0.2, -0.15) is 10.2 Å². The van der Waals surface area contributed by atoms with Gasteiger partial charge in [-0.15, -0.1) is 0 Å². The van der Waals surface area contributed by atoms with Crippen LogP contribution in [0.3, 0.4) is 0 Å². The summed E-state index contributed by atoms with van der Waals surface area (Å²) in [5.74, 6) is -1.76. The van der Waals surface area contributed by atoms with Crippen molar-refractivity contribution in [1.82, 2.24) is 34.3 Å². The molecule has 5 rings (SSSR count). The lowest BCUT2D eigenvalue weighted by Crippen LogP contribution is -2.36. The zero-order valence-electron chi connectivity index (χ0n) is 18.9. The Morgan fingerprint density at radius 1 is 1.19 bits per heavy atom. The van der Waals surface area contributed by atoms with Gasteiger partial charge in [0.2, 0.25) is 12.2 Å². The minimum Gasteiger partial charge on any atom is -0.381 e. The number of halogens is 4. The number of nitrogen functional groups attached to an aromatic ring is 1. The number of carbonyl (C=O) groups excluding carboxylic acids is 1. The maximum Gasteiger partial charge on any atom is 0.282 e. The molecule has 2 unspecified atom stereocenters. The van der Waals surface area contributed by atoms with Gasteiger partial charge in [0.25, 0.3) is 6.43 Å². The predicted octanol–water partition coefficient (Wildman–Crippen LogP) is 2.83. The summed E-state index contributed by atoms with van der Waals surface area (Å²) in [6, 6.07) is 2.68. The van der Waals surface area contributed by atoms with E-state index >= 15 is 0 Å². The van der Waals surface area contributed by atoms with Crippen molar-refractivity contribution in [3.63, 3.8) is 0 Å². The van der Waals surface area contributed by atoms with Gasteiger partial charge in [0.05, 0.1) is 35.4 Å². The molecule has 1 aliphatic heterocycles. The maximum atomic E-state index is 14.7. The molecule has 1 aliphatic rings. The van der Waals surface area contributed by atoms with Crippen LogP contribution in [-0.2, 0) is 4.79 Å². The summed E-state index contributed by atoms with van der Waals surface area (Å²) in [4.78, 5) is 21.7. The zero-order chi connectivity index (χ0) is 25.6. The van der Waals surface area contributed by atoms with Crippen LogP contribution in [0.1, 0.15) is 12.0 Å². The number of amides is 1. The topological polar surface area (TPSA) is 119 Å². The van der Waals surface area contributed by atoms with Crippen molar-refractivity contribution < 1.29 is 22.4 Å². The number of rotatable bonds is 6. The van der Waals surface area contributed by atoms with Crippen LogP contribution in [0.4, 0.5) is 29.1 Å². The zero-order valence-corrected chi connectivity index (χ0v) is 18.9. The van der Waals surface area contributed by atoms with Crippen LogP contribution in [0, 0.1) is 18.7 Å². The second-order valence-corrected chi connectivity index (χ2v) is 8.49. The molecule has 0 saturated carbocycles. The van der Waals surface area contributed by atoms with E-state index in [0.717, 1.165) is 4.90 Å². The van der Waals surface area contributed by atoms with E-state index in [-0.39, 0.29) is 31.0 Å². The Morgan fingerprint density at radius 3 is 2.78 bits per heavy atom. The number of nitrogens with one attached hydrogen (secondary N) is 1. The van der Waals surface area contributed by atoms with Gasteiger partial charge in [-0.3, -0.25) is 9.69 Å². The summed E-state index contributed by atoms with van der Waals surface area (Å²) in [7, 11) is 0. The summed E-state index contributed by atoms with van der Waals surface area (Å²) >= 11 is 0.